The molecule has 0 N–H and O–H groups in total. The summed E-state index contributed by atoms with van der Waals surface area (Å²) in [5.41, 5.74) is 0. The van der Waals surface area contributed by atoms with E-state index in [2.05, 4.69) is 33.2 Å². The molecule has 0 aromatic carbocycles. The Hall–Kier alpha value is -0.440. The Balaban J connectivity index is 3.94. The first-order valence-electron chi connectivity index (χ1n) is 4.62. The fourth-order valence-corrected chi connectivity index (χ4v) is 1.45. The lowest BCUT2D eigenvalue weighted by atomic mass is 10.1. The summed E-state index contributed by atoms with van der Waals surface area (Å²) in [6.45, 7) is 2.64. The molecule has 0 saturated heterocycles. The van der Waals surface area contributed by atoms with Gasteiger partial charge in [0.15, 0.2) is 0 Å². The summed E-state index contributed by atoms with van der Waals surface area (Å²) < 4.78 is 0.934. The molecule has 0 aromatic rings. The average Bonchev–Trinajstić information content (AvgIpc) is 1.95. The van der Waals surface area contributed by atoms with Crippen molar-refractivity contribution in [3.63, 3.8) is 0 Å². The van der Waals surface area contributed by atoms with E-state index in [4.69, 9.17) is 0 Å². The van der Waals surface area contributed by atoms with Crippen LogP contribution >= 0.6 is 0 Å². The molecule has 0 fully saturated rings. The highest BCUT2D eigenvalue weighted by molar-refractivity contribution is 4.58. The monoisotopic (exact) mass is 173 g/mol. The number of nitroso groups, excluding NO2 is 1. The summed E-state index contributed by atoms with van der Waals surface area (Å²) in [7, 11) is 6.52. The molecule has 3 nitrogen and oxygen atoms in total. The molecule has 0 spiro atoms. The Bertz CT molecular complexity index is 129. The van der Waals surface area contributed by atoms with Crippen molar-refractivity contribution >= 4 is 0 Å². The molecule has 0 amide bonds. The average molecular weight is 173 g/mol. The van der Waals surface area contributed by atoms with E-state index in [-0.39, 0.29) is 0 Å². The van der Waals surface area contributed by atoms with Crippen LogP contribution in [-0.4, -0.2) is 38.2 Å². The zero-order valence-electron chi connectivity index (χ0n) is 8.71. The minimum atomic E-state index is 0.459. The van der Waals surface area contributed by atoms with Crippen LogP contribution < -0.4 is 0 Å². The Kier molecular flexibility index (Phi) is 5.06. The van der Waals surface area contributed by atoms with Gasteiger partial charge < -0.3 is 4.48 Å². The number of hydrogen-bond donors (Lipinski definition) is 0. The van der Waals surface area contributed by atoms with Crippen molar-refractivity contribution in [1.29, 1.82) is 0 Å². The summed E-state index contributed by atoms with van der Waals surface area (Å²) in [5, 5.41) is 2.91. The van der Waals surface area contributed by atoms with Gasteiger partial charge in [0.1, 0.15) is 0 Å². The van der Waals surface area contributed by atoms with E-state index in [1.165, 1.54) is 12.8 Å². The summed E-state index contributed by atoms with van der Waals surface area (Å²) in [4.78, 5) is 9.98. The molecule has 0 heterocycles. The molecule has 0 aliphatic heterocycles. The molecule has 0 saturated carbocycles. The molecule has 0 rings (SSSR count). The van der Waals surface area contributed by atoms with Crippen molar-refractivity contribution in [3.8, 4) is 0 Å². The standard InChI is InChI=1S/C9H21N2O/c1-5-6-9(7-8-10-12)11(2,3)4/h9H,5-8H2,1-4H3/q+1. The lowest BCUT2D eigenvalue weighted by Crippen LogP contribution is -2.45. The maximum atomic E-state index is 9.98. The normalized spacial score (nSPS) is 14.3. The molecular formula is C9H21N2O+. The minimum absolute atomic E-state index is 0.459. The molecule has 0 bridgehead atoms. The van der Waals surface area contributed by atoms with Crippen LogP contribution in [0.4, 0.5) is 0 Å². The van der Waals surface area contributed by atoms with Gasteiger partial charge in [0, 0.05) is 6.42 Å². The van der Waals surface area contributed by atoms with Gasteiger partial charge in [-0.2, -0.15) is 4.91 Å². The van der Waals surface area contributed by atoms with Crippen molar-refractivity contribution in [2.24, 2.45) is 5.18 Å². The highest BCUT2D eigenvalue weighted by Gasteiger charge is 2.21. The van der Waals surface area contributed by atoms with E-state index in [9.17, 15) is 4.91 Å². The maximum absolute atomic E-state index is 9.98. The second-order valence-electron chi connectivity index (χ2n) is 4.20. The number of quaternary nitrogens is 1. The van der Waals surface area contributed by atoms with E-state index in [0.29, 0.717) is 12.6 Å². The van der Waals surface area contributed by atoms with E-state index >= 15 is 0 Å². The first-order valence-corrected chi connectivity index (χ1v) is 4.62. The van der Waals surface area contributed by atoms with Crippen molar-refractivity contribution in [1.82, 2.24) is 0 Å². The van der Waals surface area contributed by atoms with Crippen LogP contribution in [0.25, 0.3) is 0 Å². The van der Waals surface area contributed by atoms with Gasteiger partial charge in [-0.1, -0.05) is 18.5 Å². The van der Waals surface area contributed by atoms with Crippen LogP contribution in [0.15, 0.2) is 5.18 Å². The first-order chi connectivity index (χ1) is 5.52. The van der Waals surface area contributed by atoms with Crippen LogP contribution in [0.5, 0.6) is 0 Å². The predicted octanol–water partition coefficient (Wildman–Crippen LogP) is 2.02. The van der Waals surface area contributed by atoms with Gasteiger partial charge in [0.05, 0.1) is 33.7 Å². The van der Waals surface area contributed by atoms with Crippen molar-refractivity contribution in [2.45, 2.75) is 32.2 Å². The van der Waals surface area contributed by atoms with Crippen LogP contribution in [-0.2, 0) is 0 Å². The summed E-state index contributed by atoms with van der Waals surface area (Å²) in [6.07, 6.45) is 3.28. The van der Waals surface area contributed by atoms with Crippen molar-refractivity contribution in [2.75, 3.05) is 27.7 Å². The SMILES string of the molecule is CCCC(CCN=O)[N+](C)(C)C. The topological polar surface area (TPSA) is 29.4 Å². The van der Waals surface area contributed by atoms with Crippen molar-refractivity contribution in [3.05, 3.63) is 4.91 Å². The van der Waals surface area contributed by atoms with Crippen LogP contribution in [0.1, 0.15) is 26.2 Å². The highest BCUT2D eigenvalue weighted by atomic mass is 16.3. The predicted molar refractivity (Wildman–Crippen MR) is 52.0 cm³/mol. The Morgan fingerprint density at radius 3 is 2.17 bits per heavy atom. The number of hydrogen-bond acceptors (Lipinski definition) is 2. The quantitative estimate of drug-likeness (QED) is 0.446. The molecule has 12 heavy (non-hydrogen) atoms. The van der Waals surface area contributed by atoms with Gasteiger partial charge in [0.2, 0.25) is 0 Å². The van der Waals surface area contributed by atoms with Gasteiger partial charge in [-0.25, -0.2) is 0 Å². The molecule has 1 unspecified atom stereocenters. The fraction of sp³-hybridized carbons (Fsp3) is 1.00. The first kappa shape index (κ1) is 11.6. The van der Waals surface area contributed by atoms with Crippen molar-refractivity contribution < 1.29 is 4.48 Å². The second-order valence-corrected chi connectivity index (χ2v) is 4.20. The largest absolute Gasteiger partial charge is 0.328 e. The van der Waals surface area contributed by atoms with E-state index < -0.39 is 0 Å². The van der Waals surface area contributed by atoms with E-state index in [1.54, 1.807) is 0 Å². The lowest BCUT2D eigenvalue weighted by molar-refractivity contribution is -0.896. The molecule has 0 aliphatic rings. The second kappa shape index (κ2) is 5.25. The summed E-state index contributed by atoms with van der Waals surface area (Å²) >= 11 is 0. The molecule has 0 aliphatic carbocycles. The van der Waals surface area contributed by atoms with Crippen LogP contribution in [0.2, 0.25) is 0 Å². The van der Waals surface area contributed by atoms with Gasteiger partial charge in [-0.3, -0.25) is 0 Å². The Morgan fingerprint density at radius 2 is 1.83 bits per heavy atom. The van der Waals surface area contributed by atoms with Gasteiger partial charge in [-0.05, 0) is 6.42 Å². The molecule has 3 heteroatoms. The third-order valence-corrected chi connectivity index (χ3v) is 2.27. The minimum Gasteiger partial charge on any atom is -0.328 e. The number of nitrogens with zero attached hydrogens (tertiary/aromatic N) is 2. The highest BCUT2D eigenvalue weighted by Crippen LogP contribution is 2.13. The Morgan fingerprint density at radius 1 is 1.25 bits per heavy atom. The smallest absolute Gasteiger partial charge is 0.0903 e. The number of rotatable bonds is 6. The fourth-order valence-electron chi connectivity index (χ4n) is 1.45. The van der Waals surface area contributed by atoms with Gasteiger partial charge in [0.25, 0.3) is 0 Å². The zero-order chi connectivity index (χ0) is 9.61. The third-order valence-electron chi connectivity index (χ3n) is 2.27. The van der Waals surface area contributed by atoms with E-state index in [1.807, 2.05) is 0 Å². The third kappa shape index (κ3) is 4.44. The van der Waals surface area contributed by atoms with Gasteiger partial charge in [-0.15, -0.1) is 0 Å². The van der Waals surface area contributed by atoms with E-state index in [0.717, 1.165) is 10.9 Å². The molecule has 72 valence electrons. The molecule has 1 atom stereocenters. The molecule has 0 radical (unpaired) electrons. The zero-order valence-corrected chi connectivity index (χ0v) is 8.71. The molecule has 0 aromatic heterocycles. The van der Waals surface area contributed by atoms with Crippen LogP contribution in [0.3, 0.4) is 0 Å². The lowest BCUT2D eigenvalue weighted by Gasteiger charge is -2.33. The maximum Gasteiger partial charge on any atom is 0.0903 e. The summed E-state index contributed by atoms with van der Waals surface area (Å²) in [6, 6.07) is 0.577. The summed E-state index contributed by atoms with van der Waals surface area (Å²) in [5.74, 6) is 0. The molecular weight excluding hydrogens is 152 g/mol. The van der Waals surface area contributed by atoms with Crippen LogP contribution in [0, 0.1) is 4.91 Å². The Labute approximate surface area is 75.3 Å². The van der Waals surface area contributed by atoms with Gasteiger partial charge >= 0.3 is 0 Å².